The van der Waals surface area contributed by atoms with Gasteiger partial charge in [0.15, 0.2) is 0 Å². The first-order valence-electron chi connectivity index (χ1n) is 10.1. The van der Waals surface area contributed by atoms with Gasteiger partial charge in [0, 0.05) is 50.1 Å². The Kier molecular flexibility index (Phi) is 7.29. The van der Waals surface area contributed by atoms with E-state index < -0.39 is 12.1 Å². The second kappa shape index (κ2) is 9.96. The maximum Gasteiger partial charge on any atom is 0.490 e. The summed E-state index contributed by atoms with van der Waals surface area (Å²) in [6, 6.07) is 1.87. The second-order valence-corrected chi connectivity index (χ2v) is 7.81. The molecule has 0 radical (unpaired) electrons. The third-order valence-electron chi connectivity index (χ3n) is 5.57. The van der Waals surface area contributed by atoms with Crippen LogP contribution in [0.15, 0.2) is 31.0 Å². The molecule has 2 aliphatic rings. The fraction of sp³-hybridized carbons (Fsp3) is 0.500. The Morgan fingerprint density at radius 2 is 1.88 bits per heavy atom. The van der Waals surface area contributed by atoms with Crippen molar-refractivity contribution in [2.24, 2.45) is 5.41 Å². The van der Waals surface area contributed by atoms with Crippen LogP contribution in [0.5, 0.6) is 5.88 Å². The number of ether oxygens (including phenoxy) is 1. The molecule has 4 heterocycles. The number of alkyl halides is 3. The van der Waals surface area contributed by atoms with Crippen LogP contribution in [0.25, 0.3) is 0 Å². The van der Waals surface area contributed by atoms with Crippen LogP contribution in [0.2, 0.25) is 0 Å². The number of carboxylic acids is 1. The highest BCUT2D eigenvalue weighted by molar-refractivity contribution is 5.92. The number of anilines is 1. The Balaban J connectivity index is 0.000000383. The van der Waals surface area contributed by atoms with E-state index in [9.17, 15) is 18.0 Å². The molecule has 33 heavy (non-hydrogen) atoms. The Morgan fingerprint density at radius 1 is 1.12 bits per heavy atom. The average Bonchev–Trinajstić information content (AvgIpc) is 3.22. The number of aliphatic carboxylic acids is 1. The van der Waals surface area contributed by atoms with E-state index in [1.54, 1.807) is 19.5 Å². The van der Waals surface area contributed by atoms with Crippen LogP contribution in [-0.2, 0) is 4.79 Å². The number of halogens is 3. The molecule has 0 aromatic carbocycles. The largest absolute Gasteiger partial charge is 0.490 e. The van der Waals surface area contributed by atoms with Gasteiger partial charge in [-0.2, -0.15) is 13.2 Å². The number of nitrogens with zero attached hydrogens (tertiary/aromatic N) is 6. The molecule has 2 aromatic heterocycles. The topological polar surface area (TPSA) is 122 Å². The van der Waals surface area contributed by atoms with E-state index >= 15 is 0 Å². The minimum atomic E-state index is -5.08. The molecule has 1 spiro atoms. The molecule has 0 aliphatic carbocycles. The summed E-state index contributed by atoms with van der Waals surface area (Å²) >= 11 is 0. The fourth-order valence-corrected chi connectivity index (χ4v) is 4.03. The normalized spacial score (nSPS) is 20.2. The summed E-state index contributed by atoms with van der Waals surface area (Å²) in [5.74, 6) is -1.34. The minimum absolute atomic E-state index is 0.0284. The van der Waals surface area contributed by atoms with Crippen LogP contribution in [0.1, 0.15) is 29.8 Å². The number of amides is 1. The number of hydrogen-bond donors (Lipinski definition) is 1. The Morgan fingerprint density at radius 3 is 2.52 bits per heavy atom. The average molecular weight is 468 g/mol. The molecule has 13 heteroatoms. The Labute approximate surface area is 187 Å². The fourth-order valence-electron chi connectivity index (χ4n) is 4.03. The van der Waals surface area contributed by atoms with Crippen LogP contribution < -0.4 is 9.64 Å². The maximum absolute atomic E-state index is 12.7. The molecular formula is C20H23F3N6O4. The van der Waals surface area contributed by atoms with E-state index in [4.69, 9.17) is 14.6 Å². The Bertz CT molecular complexity index is 978. The SMILES string of the molecule is COc1cc(N2CCC3(CCCN(C(=O)c4cnccn4)C3)C2)ncn1.O=C(O)C(F)(F)F. The molecular weight excluding hydrogens is 445 g/mol. The molecule has 0 bridgehead atoms. The molecule has 1 atom stereocenters. The second-order valence-electron chi connectivity index (χ2n) is 7.81. The van der Waals surface area contributed by atoms with Gasteiger partial charge in [0.05, 0.1) is 13.3 Å². The van der Waals surface area contributed by atoms with Gasteiger partial charge in [0.25, 0.3) is 5.91 Å². The van der Waals surface area contributed by atoms with Crippen LogP contribution in [-0.4, -0.2) is 81.3 Å². The standard InChI is InChI=1S/C18H22N6O2.C2HF3O2/c1-26-16-9-15(21-13-22-16)23-8-4-18(11-23)3-2-7-24(12-18)17(25)14-10-19-5-6-20-14;3-2(4,5)1(6)7/h5-6,9-10,13H,2-4,7-8,11-12H2,1H3;(H,6,7). The number of carbonyl (C=O) groups excluding carboxylic acids is 1. The predicted molar refractivity (Wildman–Crippen MR) is 109 cm³/mol. The highest BCUT2D eigenvalue weighted by Crippen LogP contribution is 2.40. The number of carboxylic acid groups (broad SMARTS) is 1. The first kappa shape index (κ1) is 24.1. The summed E-state index contributed by atoms with van der Waals surface area (Å²) in [6.45, 7) is 3.34. The molecule has 10 nitrogen and oxygen atoms in total. The third kappa shape index (κ3) is 6.05. The number of piperidine rings is 1. The lowest BCUT2D eigenvalue weighted by Crippen LogP contribution is -2.47. The zero-order valence-electron chi connectivity index (χ0n) is 17.8. The lowest BCUT2D eigenvalue weighted by Gasteiger charge is -2.40. The molecule has 0 saturated carbocycles. The smallest absolute Gasteiger partial charge is 0.481 e. The highest BCUT2D eigenvalue weighted by atomic mass is 19.4. The van der Waals surface area contributed by atoms with E-state index in [2.05, 4.69) is 24.8 Å². The molecule has 178 valence electrons. The lowest BCUT2D eigenvalue weighted by atomic mass is 9.79. The molecule has 2 aromatic rings. The maximum atomic E-state index is 12.7. The minimum Gasteiger partial charge on any atom is -0.481 e. The zero-order chi connectivity index (χ0) is 24.1. The summed E-state index contributed by atoms with van der Waals surface area (Å²) in [7, 11) is 1.61. The summed E-state index contributed by atoms with van der Waals surface area (Å²) in [6.07, 6.45) is 4.31. The number of carbonyl (C=O) groups is 2. The van der Waals surface area contributed by atoms with Crippen molar-refractivity contribution in [1.82, 2.24) is 24.8 Å². The van der Waals surface area contributed by atoms with Gasteiger partial charge in [0.1, 0.15) is 17.8 Å². The summed E-state index contributed by atoms with van der Waals surface area (Å²) in [4.78, 5) is 42.5. The van der Waals surface area contributed by atoms with E-state index in [0.29, 0.717) is 11.6 Å². The van der Waals surface area contributed by atoms with Crippen LogP contribution >= 0.6 is 0 Å². The van der Waals surface area contributed by atoms with Crippen LogP contribution in [0, 0.1) is 5.41 Å². The molecule has 2 aliphatic heterocycles. The molecule has 2 fully saturated rings. The first-order chi connectivity index (χ1) is 15.6. The zero-order valence-corrected chi connectivity index (χ0v) is 17.8. The lowest BCUT2D eigenvalue weighted by molar-refractivity contribution is -0.192. The van der Waals surface area contributed by atoms with E-state index in [1.165, 1.54) is 12.5 Å². The van der Waals surface area contributed by atoms with E-state index in [1.807, 2.05) is 11.0 Å². The van der Waals surface area contributed by atoms with Crippen molar-refractivity contribution in [3.63, 3.8) is 0 Å². The van der Waals surface area contributed by atoms with Gasteiger partial charge in [-0.05, 0) is 19.3 Å². The molecule has 4 rings (SSSR count). The van der Waals surface area contributed by atoms with Gasteiger partial charge >= 0.3 is 12.1 Å². The number of rotatable bonds is 3. The Hall–Kier alpha value is -3.51. The van der Waals surface area contributed by atoms with Gasteiger partial charge < -0.3 is 19.6 Å². The van der Waals surface area contributed by atoms with Gasteiger partial charge in [-0.1, -0.05) is 0 Å². The van der Waals surface area contributed by atoms with Gasteiger partial charge in [-0.3, -0.25) is 9.78 Å². The molecule has 2 saturated heterocycles. The van der Waals surface area contributed by atoms with E-state index in [0.717, 1.165) is 51.3 Å². The van der Waals surface area contributed by atoms with Crippen LogP contribution in [0.4, 0.5) is 19.0 Å². The predicted octanol–water partition coefficient (Wildman–Crippen LogP) is 2.04. The van der Waals surface area contributed by atoms with Crippen molar-refractivity contribution in [1.29, 1.82) is 0 Å². The van der Waals surface area contributed by atoms with Crippen molar-refractivity contribution in [2.75, 3.05) is 38.2 Å². The van der Waals surface area contributed by atoms with Gasteiger partial charge in [-0.25, -0.2) is 19.7 Å². The number of aromatic nitrogens is 4. The summed E-state index contributed by atoms with van der Waals surface area (Å²) < 4.78 is 36.9. The summed E-state index contributed by atoms with van der Waals surface area (Å²) in [5.41, 5.74) is 0.522. The highest BCUT2D eigenvalue weighted by Gasteiger charge is 2.43. The van der Waals surface area contributed by atoms with Crippen molar-refractivity contribution in [3.8, 4) is 5.88 Å². The molecule has 1 unspecified atom stereocenters. The number of hydrogen-bond acceptors (Lipinski definition) is 8. The van der Waals surface area contributed by atoms with Crippen LogP contribution in [0.3, 0.4) is 0 Å². The van der Waals surface area contributed by atoms with Gasteiger partial charge in [-0.15, -0.1) is 0 Å². The van der Waals surface area contributed by atoms with Crippen molar-refractivity contribution in [3.05, 3.63) is 36.7 Å². The monoisotopic (exact) mass is 468 g/mol. The van der Waals surface area contributed by atoms with E-state index in [-0.39, 0.29) is 11.3 Å². The van der Waals surface area contributed by atoms with Crippen molar-refractivity contribution < 1.29 is 32.6 Å². The number of likely N-dealkylation sites (tertiary alicyclic amines) is 1. The third-order valence-corrected chi connectivity index (χ3v) is 5.57. The summed E-state index contributed by atoms with van der Waals surface area (Å²) in [5, 5.41) is 7.12. The number of methoxy groups -OCH3 is 1. The van der Waals surface area contributed by atoms with Crippen molar-refractivity contribution in [2.45, 2.75) is 25.4 Å². The van der Waals surface area contributed by atoms with Gasteiger partial charge in [0.2, 0.25) is 5.88 Å². The molecule has 1 amide bonds. The molecule has 1 N–H and O–H groups in total. The van der Waals surface area contributed by atoms with Crippen molar-refractivity contribution >= 4 is 17.7 Å². The quantitative estimate of drug-likeness (QED) is 0.721. The first-order valence-corrected chi connectivity index (χ1v) is 10.1.